The number of anilines is 1. The fraction of sp³-hybridized carbons (Fsp3) is 0.350. The van der Waals surface area contributed by atoms with Crippen molar-refractivity contribution in [2.24, 2.45) is 5.92 Å². The molecule has 0 aromatic heterocycles. The summed E-state index contributed by atoms with van der Waals surface area (Å²) in [5.41, 5.74) is 1.28. The van der Waals surface area contributed by atoms with Crippen molar-refractivity contribution in [3.63, 3.8) is 0 Å². The number of carbonyl (C=O) groups excluding carboxylic acids is 1. The molecule has 26 heavy (non-hydrogen) atoms. The summed E-state index contributed by atoms with van der Waals surface area (Å²) in [6.07, 6.45) is 1.93. The van der Waals surface area contributed by atoms with Gasteiger partial charge in [0.2, 0.25) is 0 Å². The number of nitrogens with zero attached hydrogens (tertiary/aromatic N) is 1. The first-order chi connectivity index (χ1) is 12.6. The molecule has 0 radical (unpaired) electrons. The lowest BCUT2D eigenvalue weighted by Crippen LogP contribution is -2.39. The van der Waals surface area contributed by atoms with Crippen molar-refractivity contribution in [1.82, 2.24) is 10.2 Å². The van der Waals surface area contributed by atoms with E-state index in [1.807, 2.05) is 12.1 Å². The Morgan fingerprint density at radius 1 is 1.04 bits per heavy atom. The lowest BCUT2D eigenvalue weighted by atomic mass is 9.96. The summed E-state index contributed by atoms with van der Waals surface area (Å²) in [5, 5.41) is 5.55. The predicted octanol–water partition coefficient (Wildman–Crippen LogP) is 4.00. The minimum atomic E-state index is -0.335. The summed E-state index contributed by atoms with van der Waals surface area (Å²) in [4.78, 5) is 14.2. The summed E-state index contributed by atoms with van der Waals surface area (Å²) >= 11 is 0. The summed E-state index contributed by atoms with van der Waals surface area (Å²) < 4.78 is 26.6. The molecule has 1 aliphatic heterocycles. The number of amides is 2. The number of hydrogen-bond donors (Lipinski definition) is 2. The number of rotatable bonds is 5. The highest BCUT2D eigenvalue weighted by atomic mass is 19.1. The van der Waals surface area contributed by atoms with Crippen molar-refractivity contribution >= 4 is 11.7 Å². The van der Waals surface area contributed by atoms with Gasteiger partial charge < -0.3 is 10.6 Å². The van der Waals surface area contributed by atoms with E-state index in [0.717, 1.165) is 31.5 Å². The molecule has 2 amide bonds. The fourth-order valence-electron chi connectivity index (χ4n) is 3.16. The largest absolute Gasteiger partial charge is 0.338 e. The van der Waals surface area contributed by atoms with Gasteiger partial charge in [-0.05, 0) is 62.2 Å². The average molecular weight is 359 g/mol. The molecule has 0 atom stereocenters. The van der Waals surface area contributed by atoms with Crippen molar-refractivity contribution in [2.45, 2.75) is 19.4 Å². The Balaban J connectivity index is 1.38. The van der Waals surface area contributed by atoms with Crippen LogP contribution in [-0.4, -0.2) is 30.6 Å². The highest BCUT2D eigenvalue weighted by Crippen LogP contribution is 2.19. The first-order valence-electron chi connectivity index (χ1n) is 8.86. The zero-order valence-corrected chi connectivity index (χ0v) is 14.6. The molecule has 2 aromatic carbocycles. The first-order valence-corrected chi connectivity index (χ1v) is 8.86. The molecule has 4 nitrogen and oxygen atoms in total. The molecule has 138 valence electrons. The van der Waals surface area contributed by atoms with Crippen LogP contribution in [0.15, 0.2) is 48.5 Å². The average Bonchev–Trinajstić information content (AvgIpc) is 2.65. The molecule has 0 bridgehead atoms. The minimum Gasteiger partial charge on any atom is -0.338 e. The van der Waals surface area contributed by atoms with E-state index in [0.29, 0.717) is 24.7 Å². The Morgan fingerprint density at radius 2 is 1.73 bits per heavy atom. The van der Waals surface area contributed by atoms with Gasteiger partial charge >= 0.3 is 6.03 Å². The molecule has 1 saturated heterocycles. The van der Waals surface area contributed by atoms with Crippen LogP contribution in [-0.2, 0) is 6.54 Å². The molecule has 1 heterocycles. The number of hydrogen-bond acceptors (Lipinski definition) is 2. The van der Waals surface area contributed by atoms with Crippen LogP contribution in [0.2, 0.25) is 0 Å². The molecule has 2 N–H and O–H groups in total. The van der Waals surface area contributed by atoms with Crippen molar-refractivity contribution in [1.29, 1.82) is 0 Å². The second-order valence-corrected chi connectivity index (χ2v) is 6.65. The molecule has 6 heteroatoms. The van der Waals surface area contributed by atoms with E-state index in [1.165, 1.54) is 30.3 Å². The maximum Gasteiger partial charge on any atom is 0.319 e. The predicted molar refractivity (Wildman–Crippen MR) is 97.8 cm³/mol. The number of piperidine rings is 1. The quantitative estimate of drug-likeness (QED) is 0.848. The Labute approximate surface area is 152 Å². The van der Waals surface area contributed by atoms with Gasteiger partial charge in [0.25, 0.3) is 0 Å². The molecule has 0 unspecified atom stereocenters. The highest BCUT2D eigenvalue weighted by molar-refractivity contribution is 5.89. The van der Waals surface area contributed by atoms with Crippen molar-refractivity contribution in [3.8, 4) is 0 Å². The second kappa shape index (κ2) is 8.76. The third-order valence-electron chi connectivity index (χ3n) is 4.71. The maximum atomic E-state index is 13.7. The topological polar surface area (TPSA) is 44.4 Å². The van der Waals surface area contributed by atoms with Crippen molar-refractivity contribution in [2.75, 3.05) is 25.0 Å². The van der Waals surface area contributed by atoms with E-state index in [2.05, 4.69) is 15.5 Å². The number of nitrogens with one attached hydrogen (secondary N) is 2. The van der Waals surface area contributed by atoms with E-state index in [4.69, 9.17) is 0 Å². The summed E-state index contributed by atoms with van der Waals surface area (Å²) in [6, 6.07) is 12.2. The standard InChI is InChI=1S/C20H23F2N3O/c21-17-5-7-18(8-6-17)24-20(26)23-13-15-9-11-25(12-10-15)14-16-3-1-2-4-19(16)22/h1-8,15H,9-14H2,(H2,23,24,26). The van der Waals surface area contributed by atoms with E-state index in [1.54, 1.807) is 6.07 Å². The fourth-order valence-corrected chi connectivity index (χ4v) is 3.16. The van der Waals surface area contributed by atoms with E-state index < -0.39 is 0 Å². The van der Waals surface area contributed by atoms with Gasteiger partial charge in [0, 0.05) is 24.3 Å². The summed E-state index contributed by atoms with van der Waals surface area (Å²) in [7, 11) is 0. The van der Waals surface area contributed by atoms with Gasteiger partial charge in [-0.25, -0.2) is 13.6 Å². The zero-order chi connectivity index (χ0) is 18.4. The monoisotopic (exact) mass is 359 g/mol. The normalized spacial score (nSPS) is 15.6. The van der Waals surface area contributed by atoms with Gasteiger partial charge in [-0.1, -0.05) is 18.2 Å². The van der Waals surface area contributed by atoms with Gasteiger partial charge in [-0.2, -0.15) is 0 Å². The van der Waals surface area contributed by atoms with Crippen LogP contribution in [0.5, 0.6) is 0 Å². The molecule has 0 saturated carbocycles. The van der Waals surface area contributed by atoms with Crippen LogP contribution in [0.4, 0.5) is 19.3 Å². The Morgan fingerprint density at radius 3 is 2.42 bits per heavy atom. The van der Waals surface area contributed by atoms with Crippen LogP contribution in [0.3, 0.4) is 0 Å². The van der Waals surface area contributed by atoms with E-state index >= 15 is 0 Å². The Hall–Kier alpha value is -2.47. The van der Waals surface area contributed by atoms with Gasteiger partial charge in [0.1, 0.15) is 11.6 Å². The number of likely N-dealkylation sites (tertiary alicyclic amines) is 1. The molecular formula is C20H23F2N3O. The highest BCUT2D eigenvalue weighted by Gasteiger charge is 2.20. The van der Waals surface area contributed by atoms with Crippen LogP contribution >= 0.6 is 0 Å². The second-order valence-electron chi connectivity index (χ2n) is 6.65. The third-order valence-corrected chi connectivity index (χ3v) is 4.71. The SMILES string of the molecule is O=C(NCC1CCN(Cc2ccccc2F)CC1)Nc1ccc(F)cc1. The summed E-state index contributed by atoms with van der Waals surface area (Å²) in [5.74, 6) is -0.0855. The molecule has 2 aromatic rings. The smallest absolute Gasteiger partial charge is 0.319 e. The molecule has 1 fully saturated rings. The molecular weight excluding hydrogens is 336 g/mol. The van der Waals surface area contributed by atoms with Crippen LogP contribution in [0, 0.1) is 17.6 Å². The van der Waals surface area contributed by atoms with Gasteiger partial charge in [0.05, 0.1) is 0 Å². The van der Waals surface area contributed by atoms with E-state index in [-0.39, 0.29) is 17.7 Å². The number of benzene rings is 2. The van der Waals surface area contributed by atoms with Gasteiger partial charge in [0.15, 0.2) is 0 Å². The van der Waals surface area contributed by atoms with Gasteiger partial charge in [-0.15, -0.1) is 0 Å². The first kappa shape index (κ1) is 18.3. The maximum absolute atomic E-state index is 13.7. The van der Waals surface area contributed by atoms with Crippen molar-refractivity contribution in [3.05, 3.63) is 65.7 Å². The molecule has 0 spiro atoms. The molecule has 1 aliphatic rings. The number of urea groups is 1. The summed E-state index contributed by atoms with van der Waals surface area (Å²) in [6.45, 7) is 3.00. The Bertz CT molecular complexity index is 728. The van der Waals surface area contributed by atoms with Gasteiger partial charge in [-0.3, -0.25) is 4.90 Å². The minimum absolute atomic E-state index is 0.159. The number of halogens is 2. The third kappa shape index (κ3) is 5.26. The molecule has 0 aliphatic carbocycles. The van der Waals surface area contributed by atoms with Crippen LogP contribution in [0.25, 0.3) is 0 Å². The van der Waals surface area contributed by atoms with Crippen LogP contribution in [0.1, 0.15) is 18.4 Å². The Kier molecular flexibility index (Phi) is 6.17. The lowest BCUT2D eigenvalue weighted by Gasteiger charge is -2.32. The number of carbonyl (C=O) groups is 1. The lowest BCUT2D eigenvalue weighted by molar-refractivity contribution is 0.174. The van der Waals surface area contributed by atoms with Crippen molar-refractivity contribution < 1.29 is 13.6 Å². The molecule has 3 rings (SSSR count). The zero-order valence-electron chi connectivity index (χ0n) is 14.6. The van der Waals surface area contributed by atoms with Crippen LogP contribution < -0.4 is 10.6 Å². The van der Waals surface area contributed by atoms with E-state index in [9.17, 15) is 13.6 Å².